The SMILES string of the molecule is Cc1ccc(C)c(S(=O)(=O)N2CCN(C(=O)c3cc(C4CC4)nc4c3cnn4C(C)C)CC2)c1. The molecule has 3 heterocycles. The molecule has 2 fully saturated rings. The molecule has 0 N–H and O–H groups in total. The van der Waals surface area contributed by atoms with Crippen LogP contribution in [0.3, 0.4) is 0 Å². The van der Waals surface area contributed by atoms with Crippen LogP contribution in [0.5, 0.6) is 0 Å². The van der Waals surface area contributed by atoms with Crippen molar-refractivity contribution < 1.29 is 13.2 Å². The Morgan fingerprint density at radius 3 is 2.41 bits per heavy atom. The number of hydrogen-bond donors (Lipinski definition) is 0. The monoisotopic (exact) mass is 481 g/mol. The Balaban J connectivity index is 1.40. The molecule has 0 atom stereocenters. The highest BCUT2D eigenvalue weighted by Gasteiger charge is 2.33. The summed E-state index contributed by atoms with van der Waals surface area (Å²) in [6.07, 6.45) is 3.92. The molecule has 2 aliphatic rings. The van der Waals surface area contributed by atoms with E-state index in [0.29, 0.717) is 29.5 Å². The van der Waals surface area contributed by atoms with Gasteiger partial charge in [0.2, 0.25) is 10.0 Å². The number of amides is 1. The highest BCUT2D eigenvalue weighted by molar-refractivity contribution is 7.89. The molecule has 8 nitrogen and oxygen atoms in total. The van der Waals surface area contributed by atoms with Crippen LogP contribution in [0.15, 0.2) is 35.4 Å². The summed E-state index contributed by atoms with van der Waals surface area (Å²) in [6, 6.07) is 7.54. The number of sulfonamides is 1. The second kappa shape index (κ2) is 8.46. The van der Waals surface area contributed by atoms with Crippen molar-refractivity contribution in [2.45, 2.75) is 57.4 Å². The van der Waals surface area contributed by atoms with E-state index in [9.17, 15) is 13.2 Å². The first kappa shape index (κ1) is 23.0. The number of fused-ring (bicyclic) bond motifs is 1. The lowest BCUT2D eigenvalue weighted by molar-refractivity contribution is 0.0699. The maximum atomic E-state index is 13.6. The van der Waals surface area contributed by atoms with Gasteiger partial charge in [-0.15, -0.1) is 0 Å². The number of piperazine rings is 1. The van der Waals surface area contributed by atoms with Gasteiger partial charge in [-0.1, -0.05) is 12.1 Å². The number of pyridine rings is 1. The van der Waals surface area contributed by atoms with Crippen LogP contribution in [0.1, 0.15) is 65.8 Å². The van der Waals surface area contributed by atoms with Gasteiger partial charge in [0.05, 0.1) is 22.0 Å². The number of benzene rings is 1. The molecule has 1 saturated carbocycles. The number of carbonyl (C=O) groups is 1. The largest absolute Gasteiger partial charge is 0.336 e. The molecule has 1 saturated heterocycles. The zero-order chi connectivity index (χ0) is 24.2. The molecule has 0 unspecified atom stereocenters. The third kappa shape index (κ3) is 4.01. The van der Waals surface area contributed by atoms with Crippen LogP contribution in [-0.2, 0) is 10.0 Å². The Kier molecular flexibility index (Phi) is 5.72. The molecular weight excluding hydrogens is 450 g/mol. The molecule has 1 aliphatic heterocycles. The molecule has 1 aromatic carbocycles. The van der Waals surface area contributed by atoms with Crippen LogP contribution < -0.4 is 0 Å². The minimum Gasteiger partial charge on any atom is -0.336 e. The number of aryl methyl sites for hydroxylation is 2. The highest BCUT2D eigenvalue weighted by atomic mass is 32.2. The third-order valence-electron chi connectivity index (χ3n) is 6.79. The smallest absolute Gasteiger partial charge is 0.254 e. The van der Waals surface area contributed by atoms with Gasteiger partial charge in [0.25, 0.3) is 5.91 Å². The fourth-order valence-electron chi connectivity index (χ4n) is 4.61. The molecule has 0 spiro atoms. The maximum Gasteiger partial charge on any atom is 0.254 e. The van der Waals surface area contributed by atoms with Crippen molar-refractivity contribution >= 4 is 27.0 Å². The summed E-state index contributed by atoms with van der Waals surface area (Å²) in [5.74, 6) is 0.326. The lowest BCUT2D eigenvalue weighted by Crippen LogP contribution is -2.50. The minimum absolute atomic E-state index is 0.0820. The van der Waals surface area contributed by atoms with Crippen molar-refractivity contribution in [2.24, 2.45) is 0 Å². The van der Waals surface area contributed by atoms with Gasteiger partial charge in [-0.05, 0) is 63.8 Å². The Bertz CT molecular complexity index is 1370. The summed E-state index contributed by atoms with van der Waals surface area (Å²) in [5.41, 5.74) is 3.96. The third-order valence-corrected chi connectivity index (χ3v) is 8.83. The van der Waals surface area contributed by atoms with E-state index in [-0.39, 0.29) is 25.0 Å². The zero-order valence-corrected chi connectivity index (χ0v) is 21.0. The quantitative estimate of drug-likeness (QED) is 0.555. The number of carbonyl (C=O) groups excluding carboxylic acids is 1. The first-order valence-electron chi connectivity index (χ1n) is 11.9. The van der Waals surface area contributed by atoms with Crippen molar-refractivity contribution in [3.63, 3.8) is 0 Å². The van der Waals surface area contributed by atoms with E-state index in [2.05, 4.69) is 18.9 Å². The number of nitrogens with zero attached hydrogens (tertiary/aromatic N) is 5. The molecule has 9 heteroatoms. The van der Waals surface area contributed by atoms with E-state index in [0.717, 1.165) is 40.7 Å². The maximum absolute atomic E-state index is 13.6. The highest BCUT2D eigenvalue weighted by Crippen LogP contribution is 2.40. The van der Waals surface area contributed by atoms with Crippen LogP contribution in [0.25, 0.3) is 11.0 Å². The first-order chi connectivity index (χ1) is 16.2. The van der Waals surface area contributed by atoms with Gasteiger partial charge in [-0.2, -0.15) is 9.40 Å². The molecule has 3 aromatic rings. The van der Waals surface area contributed by atoms with Crippen molar-refractivity contribution in [1.82, 2.24) is 24.0 Å². The van der Waals surface area contributed by atoms with E-state index >= 15 is 0 Å². The van der Waals surface area contributed by atoms with Gasteiger partial charge in [-0.25, -0.2) is 18.1 Å². The molecule has 1 amide bonds. The summed E-state index contributed by atoms with van der Waals surface area (Å²) in [5, 5.41) is 5.25. The fraction of sp³-hybridized carbons (Fsp3) is 0.480. The lowest BCUT2D eigenvalue weighted by Gasteiger charge is -2.34. The summed E-state index contributed by atoms with van der Waals surface area (Å²) >= 11 is 0. The van der Waals surface area contributed by atoms with Crippen LogP contribution in [0.4, 0.5) is 0 Å². The summed E-state index contributed by atoms with van der Waals surface area (Å²) in [7, 11) is -3.61. The van der Waals surface area contributed by atoms with Gasteiger partial charge in [0.15, 0.2) is 5.65 Å². The van der Waals surface area contributed by atoms with Crippen LogP contribution in [-0.4, -0.2) is 64.5 Å². The zero-order valence-electron chi connectivity index (χ0n) is 20.2. The summed E-state index contributed by atoms with van der Waals surface area (Å²) in [4.78, 5) is 20.6. The second-order valence-electron chi connectivity index (χ2n) is 9.75. The Morgan fingerprint density at radius 2 is 1.76 bits per heavy atom. The summed E-state index contributed by atoms with van der Waals surface area (Å²) in [6.45, 7) is 9.06. The molecule has 34 heavy (non-hydrogen) atoms. The van der Waals surface area contributed by atoms with E-state index in [1.807, 2.05) is 36.7 Å². The fourth-order valence-corrected chi connectivity index (χ4v) is 6.34. The molecule has 0 radical (unpaired) electrons. The van der Waals surface area contributed by atoms with Crippen LogP contribution in [0.2, 0.25) is 0 Å². The van der Waals surface area contributed by atoms with Crippen LogP contribution in [0, 0.1) is 13.8 Å². The minimum atomic E-state index is -3.61. The predicted molar refractivity (Wildman–Crippen MR) is 130 cm³/mol. The van der Waals surface area contributed by atoms with Gasteiger partial charge >= 0.3 is 0 Å². The van der Waals surface area contributed by atoms with Gasteiger partial charge in [0, 0.05) is 43.8 Å². The van der Waals surface area contributed by atoms with Crippen LogP contribution >= 0.6 is 0 Å². The van der Waals surface area contributed by atoms with Crippen molar-refractivity contribution in [2.75, 3.05) is 26.2 Å². The molecular formula is C25H31N5O3S. The van der Waals surface area contributed by atoms with Crippen molar-refractivity contribution in [3.05, 3.63) is 52.8 Å². The molecule has 0 bridgehead atoms. The van der Waals surface area contributed by atoms with E-state index < -0.39 is 10.0 Å². The van der Waals surface area contributed by atoms with E-state index in [4.69, 9.17) is 4.98 Å². The van der Waals surface area contributed by atoms with Gasteiger partial charge in [-0.3, -0.25) is 4.79 Å². The van der Waals surface area contributed by atoms with Crippen molar-refractivity contribution in [1.29, 1.82) is 0 Å². The van der Waals surface area contributed by atoms with E-state index in [1.54, 1.807) is 17.2 Å². The molecule has 2 aromatic heterocycles. The molecule has 180 valence electrons. The average Bonchev–Trinajstić information content (AvgIpc) is 3.58. The standard InChI is InChI=1S/C25H31N5O3S/c1-16(2)30-24-21(15-26-30)20(14-22(27-24)19-7-8-19)25(31)28-9-11-29(12-10-28)34(32,33)23-13-17(3)5-6-18(23)4/h5-6,13-16,19H,7-12H2,1-4H3. The number of rotatable bonds is 5. The van der Waals surface area contributed by atoms with E-state index in [1.165, 1.54) is 4.31 Å². The molecule has 1 aliphatic carbocycles. The summed E-state index contributed by atoms with van der Waals surface area (Å²) < 4.78 is 29.9. The Morgan fingerprint density at radius 1 is 1.06 bits per heavy atom. The number of hydrogen-bond acceptors (Lipinski definition) is 5. The predicted octanol–water partition coefficient (Wildman–Crippen LogP) is 3.65. The van der Waals surface area contributed by atoms with Gasteiger partial charge in [0.1, 0.15) is 0 Å². The first-order valence-corrected chi connectivity index (χ1v) is 13.4. The Labute approximate surface area is 200 Å². The average molecular weight is 482 g/mol. The molecule has 5 rings (SSSR count). The van der Waals surface area contributed by atoms with Gasteiger partial charge < -0.3 is 4.90 Å². The number of aromatic nitrogens is 3. The van der Waals surface area contributed by atoms with Crippen molar-refractivity contribution in [3.8, 4) is 0 Å². The topological polar surface area (TPSA) is 88.4 Å². The Hall–Kier alpha value is -2.78. The normalized spacial score (nSPS) is 17.6. The second-order valence-corrected chi connectivity index (χ2v) is 11.7. The lowest BCUT2D eigenvalue weighted by atomic mass is 10.1.